The highest BCUT2D eigenvalue weighted by molar-refractivity contribution is 5.39. The number of ether oxygens (including phenoxy) is 1. The predicted molar refractivity (Wildman–Crippen MR) is 79.7 cm³/mol. The van der Waals surface area contributed by atoms with E-state index in [4.69, 9.17) is 10.5 Å². The minimum Gasteiger partial charge on any atom is -0.492 e. The second kappa shape index (κ2) is 6.92. The summed E-state index contributed by atoms with van der Waals surface area (Å²) in [4.78, 5) is 2.48. The molecule has 2 rings (SSSR count). The molecule has 106 valence electrons. The fraction of sp³-hybridized carbons (Fsp3) is 0.625. The Labute approximate surface area is 116 Å². The minimum absolute atomic E-state index is 0.551. The van der Waals surface area contributed by atoms with E-state index in [1.165, 1.54) is 30.4 Å². The molecule has 1 fully saturated rings. The van der Waals surface area contributed by atoms with Crippen molar-refractivity contribution in [2.24, 2.45) is 5.73 Å². The van der Waals surface area contributed by atoms with E-state index >= 15 is 0 Å². The zero-order valence-electron chi connectivity index (χ0n) is 12.2. The van der Waals surface area contributed by atoms with Crippen LogP contribution < -0.4 is 10.5 Å². The zero-order valence-corrected chi connectivity index (χ0v) is 12.2. The lowest BCUT2D eigenvalue weighted by Gasteiger charge is -2.34. The van der Waals surface area contributed by atoms with E-state index in [1.807, 2.05) is 0 Å². The SMILES string of the molecule is Cc1cccc(C)c1OCCN1CCCCC1CN. The molecule has 1 aromatic carbocycles. The number of aryl methyl sites for hydroxylation is 2. The predicted octanol–water partition coefficient (Wildman–Crippen LogP) is 2.50. The summed E-state index contributed by atoms with van der Waals surface area (Å²) in [5.74, 6) is 1.05. The van der Waals surface area contributed by atoms with E-state index in [0.29, 0.717) is 6.04 Å². The van der Waals surface area contributed by atoms with Crippen LogP contribution in [0.1, 0.15) is 30.4 Å². The normalized spacial score (nSPS) is 20.5. The molecule has 1 saturated heterocycles. The molecule has 1 atom stereocenters. The number of benzene rings is 1. The van der Waals surface area contributed by atoms with Crippen molar-refractivity contribution in [1.82, 2.24) is 4.90 Å². The van der Waals surface area contributed by atoms with Gasteiger partial charge in [0.25, 0.3) is 0 Å². The Hall–Kier alpha value is -1.06. The van der Waals surface area contributed by atoms with Gasteiger partial charge in [0.2, 0.25) is 0 Å². The van der Waals surface area contributed by atoms with E-state index in [0.717, 1.165) is 32.0 Å². The molecular weight excluding hydrogens is 236 g/mol. The number of nitrogens with two attached hydrogens (primary N) is 1. The summed E-state index contributed by atoms with van der Waals surface area (Å²) in [7, 11) is 0. The van der Waals surface area contributed by atoms with Crippen LogP contribution in [0.2, 0.25) is 0 Å². The summed E-state index contributed by atoms with van der Waals surface area (Å²) in [6.07, 6.45) is 3.84. The third-order valence-corrected chi connectivity index (χ3v) is 4.05. The van der Waals surface area contributed by atoms with Crippen molar-refractivity contribution < 1.29 is 4.74 Å². The van der Waals surface area contributed by atoms with Gasteiger partial charge in [-0.3, -0.25) is 4.90 Å². The maximum Gasteiger partial charge on any atom is 0.125 e. The Morgan fingerprint density at radius 1 is 1.26 bits per heavy atom. The molecule has 2 N–H and O–H groups in total. The van der Waals surface area contributed by atoms with E-state index in [2.05, 4.69) is 36.9 Å². The van der Waals surface area contributed by atoms with Crippen LogP contribution >= 0.6 is 0 Å². The average Bonchev–Trinajstić information content (AvgIpc) is 2.42. The van der Waals surface area contributed by atoms with E-state index in [-0.39, 0.29) is 0 Å². The van der Waals surface area contributed by atoms with Gasteiger partial charge in [0, 0.05) is 19.1 Å². The van der Waals surface area contributed by atoms with Crippen molar-refractivity contribution in [2.45, 2.75) is 39.2 Å². The molecule has 3 nitrogen and oxygen atoms in total. The molecule has 3 heteroatoms. The van der Waals surface area contributed by atoms with Gasteiger partial charge in [-0.15, -0.1) is 0 Å². The van der Waals surface area contributed by atoms with Crippen molar-refractivity contribution >= 4 is 0 Å². The highest BCUT2D eigenvalue weighted by Gasteiger charge is 2.20. The molecule has 1 unspecified atom stereocenters. The Kier molecular flexibility index (Phi) is 5.23. The molecule has 19 heavy (non-hydrogen) atoms. The van der Waals surface area contributed by atoms with Crippen LogP contribution in [-0.4, -0.2) is 37.2 Å². The standard InChI is InChI=1S/C16H26N2O/c1-13-6-5-7-14(2)16(13)19-11-10-18-9-4-3-8-15(18)12-17/h5-7,15H,3-4,8-12,17H2,1-2H3. The number of hydrogen-bond acceptors (Lipinski definition) is 3. The molecule has 1 aliphatic heterocycles. The van der Waals surface area contributed by atoms with E-state index in [9.17, 15) is 0 Å². The lowest BCUT2D eigenvalue weighted by Crippen LogP contribution is -2.45. The molecule has 0 bridgehead atoms. The quantitative estimate of drug-likeness (QED) is 0.886. The maximum atomic E-state index is 5.98. The summed E-state index contributed by atoms with van der Waals surface area (Å²) in [6.45, 7) is 7.87. The van der Waals surface area contributed by atoms with Crippen LogP contribution in [0, 0.1) is 13.8 Å². The maximum absolute atomic E-state index is 5.98. The molecule has 0 saturated carbocycles. The summed E-state index contributed by atoms with van der Waals surface area (Å²) in [6, 6.07) is 6.83. The van der Waals surface area contributed by atoms with Gasteiger partial charge < -0.3 is 10.5 Å². The summed E-state index contributed by atoms with van der Waals surface area (Å²) >= 11 is 0. The first kappa shape index (κ1) is 14.4. The Bertz CT molecular complexity index is 385. The lowest BCUT2D eigenvalue weighted by atomic mass is 10.0. The van der Waals surface area contributed by atoms with Crippen molar-refractivity contribution in [3.8, 4) is 5.75 Å². The highest BCUT2D eigenvalue weighted by atomic mass is 16.5. The lowest BCUT2D eigenvalue weighted by molar-refractivity contribution is 0.127. The monoisotopic (exact) mass is 262 g/mol. The molecule has 1 aliphatic rings. The summed E-state index contributed by atoms with van der Waals surface area (Å²) in [5.41, 5.74) is 8.28. The van der Waals surface area contributed by atoms with Crippen LogP contribution in [0.25, 0.3) is 0 Å². The first-order valence-electron chi connectivity index (χ1n) is 7.35. The Morgan fingerprint density at radius 3 is 2.68 bits per heavy atom. The van der Waals surface area contributed by atoms with Crippen molar-refractivity contribution in [1.29, 1.82) is 0 Å². The van der Waals surface area contributed by atoms with Gasteiger partial charge in [0.15, 0.2) is 0 Å². The van der Waals surface area contributed by atoms with Crippen LogP contribution in [0.5, 0.6) is 5.75 Å². The number of piperidine rings is 1. The van der Waals surface area contributed by atoms with Crippen molar-refractivity contribution in [3.05, 3.63) is 29.3 Å². The average molecular weight is 262 g/mol. The zero-order chi connectivity index (χ0) is 13.7. The number of hydrogen-bond donors (Lipinski definition) is 1. The Morgan fingerprint density at radius 2 is 2.00 bits per heavy atom. The third-order valence-electron chi connectivity index (χ3n) is 4.05. The second-order valence-corrected chi connectivity index (χ2v) is 5.49. The molecule has 0 spiro atoms. The number of nitrogens with zero attached hydrogens (tertiary/aromatic N) is 1. The van der Waals surface area contributed by atoms with Crippen molar-refractivity contribution in [2.75, 3.05) is 26.2 Å². The molecule has 0 amide bonds. The first-order chi connectivity index (χ1) is 9.22. The fourth-order valence-corrected chi connectivity index (χ4v) is 2.91. The smallest absolute Gasteiger partial charge is 0.125 e. The van der Waals surface area contributed by atoms with Gasteiger partial charge >= 0.3 is 0 Å². The van der Waals surface area contributed by atoms with Gasteiger partial charge in [-0.2, -0.15) is 0 Å². The third kappa shape index (κ3) is 3.71. The number of para-hydroxylation sites is 1. The van der Waals surface area contributed by atoms with Crippen LogP contribution in [0.4, 0.5) is 0 Å². The van der Waals surface area contributed by atoms with Gasteiger partial charge in [-0.05, 0) is 44.4 Å². The van der Waals surface area contributed by atoms with E-state index < -0.39 is 0 Å². The van der Waals surface area contributed by atoms with E-state index in [1.54, 1.807) is 0 Å². The fourth-order valence-electron chi connectivity index (χ4n) is 2.91. The molecule has 0 aromatic heterocycles. The largest absolute Gasteiger partial charge is 0.492 e. The van der Waals surface area contributed by atoms with Crippen LogP contribution in [-0.2, 0) is 0 Å². The van der Waals surface area contributed by atoms with Gasteiger partial charge in [-0.25, -0.2) is 0 Å². The molecular formula is C16H26N2O. The van der Waals surface area contributed by atoms with Crippen molar-refractivity contribution in [3.63, 3.8) is 0 Å². The molecule has 1 aromatic rings. The van der Waals surface area contributed by atoms with Gasteiger partial charge in [0.05, 0.1) is 0 Å². The molecule has 1 heterocycles. The van der Waals surface area contributed by atoms with Gasteiger partial charge in [0.1, 0.15) is 12.4 Å². The molecule has 0 aliphatic carbocycles. The summed E-state index contributed by atoms with van der Waals surface area (Å²) < 4.78 is 5.98. The second-order valence-electron chi connectivity index (χ2n) is 5.49. The minimum atomic E-state index is 0.551. The van der Waals surface area contributed by atoms with Gasteiger partial charge in [-0.1, -0.05) is 24.6 Å². The summed E-state index contributed by atoms with van der Waals surface area (Å²) in [5, 5.41) is 0. The molecule has 0 radical (unpaired) electrons. The Balaban J connectivity index is 1.86. The topological polar surface area (TPSA) is 38.5 Å². The van der Waals surface area contributed by atoms with Crippen LogP contribution in [0.15, 0.2) is 18.2 Å². The number of rotatable bonds is 5. The van der Waals surface area contributed by atoms with Crippen LogP contribution in [0.3, 0.4) is 0 Å². The number of likely N-dealkylation sites (tertiary alicyclic amines) is 1. The first-order valence-corrected chi connectivity index (χ1v) is 7.35. The highest BCUT2D eigenvalue weighted by Crippen LogP contribution is 2.22.